The number of alkyl halides is 6. The highest BCUT2D eigenvalue weighted by atomic mass is 19.4. The molecule has 1 aliphatic rings. The van der Waals surface area contributed by atoms with Gasteiger partial charge in [0.2, 0.25) is 0 Å². The van der Waals surface area contributed by atoms with Crippen molar-refractivity contribution in [1.29, 1.82) is 0 Å². The number of nitrogens with one attached hydrogen (secondary N) is 2. The summed E-state index contributed by atoms with van der Waals surface area (Å²) in [7, 11) is 0. The third-order valence-corrected chi connectivity index (χ3v) is 9.76. The number of hydrogen-bond acceptors (Lipinski definition) is 8. The minimum Gasteiger partial charge on any atom is -0.390 e. The van der Waals surface area contributed by atoms with Crippen molar-refractivity contribution in [3.63, 3.8) is 0 Å². The molecule has 2 unspecified atom stereocenters. The lowest BCUT2D eigenvalue weighted by Crippen LogP contribution is -2.30. The highest BCUT2D eigenvalue weighted by molar-refractivity contribution is 5.78. The van der Waals surface area contributed by atoms with Crippen molar-refractivity contribution in [1.82, 2.24) is 39.5 Å². The monoisotopic (exact) mass is 722 g/mol. The molecule has 6 rings (SSSR count). The molecule has 0 radical (unpaired) electrons. The van der Waals surface area contributed by atoms with E-state index < -0.39 is 61.1 Å². The van der Waals surface area contributed by atoms with E-state index in [4.69, 9.17) is 0 Å². The summed E-state index contributed by atoms with van der Waals surface area (Å²) >= 11 is 0. The molecule has 274 valence electrons. The van der Waals surface area contributed by atoms with Crippen LogP contribution < -0.4 is 11.1 Å². The molecule has 18 heteroatoms. The van der Waals surface area contributed by atoms with Gasteiger partial charge < -0.3 is 20.2 Å². The van der Waals surface area contributed by atoms with Gasteiger partial charge in [0, 0.05) is 6.42 Å². The summed E-state index contributed by atoms with van der Waals surface area (Å²) in [5, 5.41) is 29.1. The second kappa shape index (κ2) is 13.9. The van der Waals surface area contributed by atoms with Crippen LogP contribution in [0.1, 0.15) is 85.3 Å². The molecule has 0 spiro atoms. The minimum absolute atomic E-state index is 0.0250. The lowest BCUT2D eigenvalue weighted by Gasteiger charge is -2.33. The Morgan fingerprint density at radius 1 is 0.843 bits per heavy atom. The highest BCUT2D eigenvalue weighted by Crippen LogP contribution is 2.43. The first-order valence-electron chi connectivity index (χ1n) is 16.5. The molecule has 0 saturated heterocycles. The minimum atomic E-state index is -4.42. The van der Waals surface area contributed by atoms with Gasteiger partial charge in [-0.3, -0.25) is 9.59 Å². The van der Waals surface area contributed by atoms with Gasteiger partial charge in [-0.15, -0.1) is 0 Å². The van der Waals surface area contributed by atoms with E-state index in [0.29, 0.717) is 18.4 Å². The van der Waals surface area contributed by atoms with Gasteiger partial charge in [-0.05, 0) is 63.0 Å². The van der Waals surface area contributed by atoms with Crippen molar-refractivity contribution in [2.45, 2.75) is 96.4 Å². The molecule has 5 aromatic rings. The quantitative estimate of drug-likeness (QED) is 0.145. The third kappa shape index (κ3) is 7.42. The number of aliphatic hydroxyl groups excluding tert-OH is 2. The first kappa shape index (κ1) is 36.2. The lowest BCUT2D eigenvalue weighted by atomic mass is 9.78. The Bertz CT molecular complexity index is 2140. The fourth-order valence-corrected chi connectivity index (χ4v) is 7.15. The number of aliphatic hydroxyl groups is 2. The molecule has 1 saturated carbocycles. The van der Waals surface area contributed by atoms with E-state index in [9.17, 15) is 46.1 Å². The molecule has 51 heavy (non-hydrogen) atoms. The molecule has 0 bridgehead atoms. The Morgan fingerprint density at radius 2 is 1.41 bits per heavy atom. The van der Waals surface area contributed by atoms with Crippen molar-refractivity contribution in [3.05, 3.63) is 79.1 Å². The van der Waals surface area contributed by atoms with Crippen LogP contribution in [-0.4, -0.2) is 62.1 Å². The Labute approximate surface area is 285 Å². The van der Waals surface area contributed by atoms with E-state index >= 15 is 0 Å². The number of aromatic nitrogens is 8. The zero-order chi connectivity index (χ0) is 36.8. The maximum absolute atomic E-state index is 13.4. The number of rotatable bonds is 10. The molecule has 12 nitrogen and oxygen atoms in total. The Hall–Kier alpha value is -4.58. The topological polar surface area (TPSA) is 168 Å². The van der Waals surface area contributed by atoms with Gasteiger partial charge in [-0.2, -0.15) is 36.5 Å². The molecule has 1 aromatic carbocycles. The largest absolute Gasteiger partial charge is 0.393 e. The summed E-state index contributed by atoms with van der Waals surface area (Å²) in [5.74, 6) is -1.09. The van der Waals surface area contributed by atoms with Crippen LogP contribution in [0.2, 0.25) is 0 Å². The molecular weight excluding hydrogens is 686 g/mol. The Kier molecular flexibility index (Phi) is 9.84. The summed E-state index contributed by atoms with van der Waals surface area (Å²) in [6.45, 7) is 2.20. The maximum atomic E-state index is 13.4. The third-order valence-electron chi connectivity index (χ3n) is 9.76. The Balaban J connectivity index is 1.37. The predicted molar refractivity (Wildman–Crippen MR) is 172 cm³/mol. The Morgan fingerprint density at radius 3 is 1.98 bits per heavy atom. The molecule has 2 atom stereocenters. The van der Waals surface area contributed by atoms with Gasteiger partial charge in [-0.25, -0.2) is 19.3 Å². The molecule has 1 aliphatic carbocycles. The zero-order valence-corrected chi connectivity index (χ0v) is 27.6. The van der Waals surface area contributed by atoms with Crippen LogP contribution in [0.4, 0.5) is 26.3 Å². The van der Waals surface area contributed by atoms with E-state index in [1.165, 1.54) is 33.6 Å². The number of halogens is 6. The second-order valence-corrected chi connectivity index (χ2v) is 13.1. The van der Waals surface area contributed by atoms with Gasteiger partial charge in [0.05, 0.1) is 37.6 Å². The van der Waals surface area contributed by atoms with Gasteiger partial charge in [0.1, 0.15) is 33.8 Å². The van der Waals surface area contributed by atoms with Gasteiger partial charge in [0.25, 0.3) is 11.1 Å². The van der Waals surface area contributed by atoms with Crippen molar-refractivity contribution < 1.29 is 36.6 Å². The van der Waals surface area contributed by atoms with Crippen LogP contribution in [0.3, 0.4) is 0 Å². The van der Waals surface area contributed by atoms with Crippen LogP contribution in [0.15, 0.2) is 33.9 Å². The predicted octanol–water partition coefficient (Wildman–Crippen LogP) is 5.10. The highest BCUT2D eigenvalue weighted by Gasteiger charge is 2.42. The second-order valence-electron chi connectivity index (χ2n) is 13.1. The summed E-state index contributed by atoms with van der Waals surface area (Å²) in [6.07, 6.45) is -9.07. The fourth-order valence-electron chi connectivity index (χ4n) is 7.15. The van der Waals surface area contributed by atoms with E-state index in [0.717, 1.165) is 0 Å². The van der Waals surface area contributed by atoms with Crippen molar-refractivity contribution in [3.8, 4) is 0 Å². The molecular formula is C33H36F6N8O4. The molecule has 0 amide bonds. The number of H-pyrrole nitrogens is 2. The summed E-state index contributed by atoms with van der Waals surface area (Å²) in [4.78, 5) is 40.7. The van der Waals surface area contributed by atoms with E-state index in [1.54, 1.807) is 13.8 Å². The van der Waals surface area contributed by atoms with Gasteiger partial charge in [0.15, 0.2) is 11.3 Å². The lowest BCUT2D eigenvalue weighted by molar-refractivity contribution is -0.184. The van der Waals surface area contributed by atoms with Crippen LogP contribution in [-0.2, 0) is 26.1 Å². The van der Waals surface area contributed by atoms with Crippen LogP contribution in [0, 0.1) is 18.8 Å². The summed E-state index contributed by atoms with van der Waals surface area (Å²) < 4.78 is 82.2. The molecule has 4 heterocycles. The number of hydrogen-bond donors (Lipinski definition) is 4. The van der Waals surface area contributed by atoms with Crippen molar-refractivity contribution in [2.75, 3.05) is 0 Å². The van der Waals surface area contributed by atoms with Crippen molar-refractivity contribution >= 4 is 22.1 Å². The first-order valence-corrected chi connectivity index (χ1v) is 16.5. The molecule has 0 aliphatic heterocycles. The molecule has 1 fully saturated rings. The summed E-state index contributed by atoms with van der Waals surface area (Å²) in [5.41, 5.74) is -0.155. The number of aryl methyl sites for hydroxylation is 2. The number of aromatic amines is 2. The number of nitrogens with zero attached hydrogens (tertiary/aromatic N) is 6. The van der Waals surface area contributed by atoms with Crippen LogP contribution in [0.25, 0.3) is 22.1 Å². The first-order chi connectivity index (χ1) is 24.1. The smallest absolute Gasteiger partial charge is 0.390 e. The summed E-state index contributed by atoms with van der Waals surface area (Å²) in [6, 6.07) is 4.49. The van der Waals surface area contributed by atoms with E-state index in [-0.39, 0.29) is 82.3 Å². The van der Waals surface area contributed by atoms with Gasteiger partial charge in [-0.1, -0.05) is 24.3 Å². The normalized spacial score (nSPS) is 18.5. The SMILES string of the molecule is Cc1nc2c(c(CO)nn2C(CCc2nc3c(c(CO)nn3C(C)C3CCC(C(F)(F)F)CC3)c(=O)[nH]2)c2ccc(CC(F)(F)F)cc2)c(=O)[nH]1. The van der Waals surface area contributed by atoms with E-state index in [1.807, 2.05) is 0 Å². The maximum Gasteiger partial charge on any atom is 0.393 e. The van der Waals surface area contributed by atoms with Crippen LogP contribution >= 0.6 is 0 Å². The average molecular weight is 723 g/mol. The van der Waals surface area contributed by atoms with Crippen molar-refractivity contribution in [2.24, 2.45) is 11.8 Å². The standard InChI is InChI=1S/C33H36F6N8O4/c1-16(19-7-9-21(10-8-19)33(37,38)39)46-29-27(22(14-48)44-46)31(51)43-25(42-29)12-11-24(20-5-3-18(4-6-20)13-32(34,35)36)47-28-26(23(15-49)45-47)30(50)41-17(2)40-28/h3-6,16,19,21,24,48-49H,7-15H2,1-2H3,(H,40,41,50)(H,42,43,51). The zero-order valence-electron chi connectivity index (χ0n) is 27.6. The number of benzene rings is 1. The average Bonchev–Trinajstić information content (AvgIpc) is 3.63. The molecule has 4 N–H and O–H groups in total. The van der Waals surface area contributed by atoms with E-state index in [2.05, 4.69) is 30.1 Å². The van der Waals surface area contributed by atoms with Crippen LogP contribution in [0.5, 0.6) is 0 Å². The van der Waals surface area contributed by atoms with Gasteiger partial charge >= 0.3 is 12.4 Å². The number of fused-ring (bicyclic) bond motifs is 2. The fraction of sp³-hybridized carbons (Fsp3) is 0.515. The molecule has 4 aromatic heterocycles.